The van der Waals surface area contributed by atoms with Crippen molar-refractivity contribution in [2.45, 2.75) is 0 Å². The molecule has 10 rings (SSSR count). The van der Waals surface area contributed by atoms with Crippen LogP contribution in [-0.2, 0) is 0 Å². The van der Waals surface area contributed by atoms with Gasteiger partial charge >= 0.3 is 0 Å². The maximum Gasteiger partial charge on any atom is 0.143 e. The number of hydrogen-bond acceptors (Lipinski definition) is 2. The van der Waals surface area contributed by atoms with Crippen LogP contribution in [0.1, 0.15) is 0 Å². The van der Waals surface area contributed by atoms with Gasteiger partial charge in [-0.15, -0.1) is 0 Å². The first kappa shape index (κ1) is 30.0. The van der Waals surface area contributed by atoms with Crippen LogP contribution in [-0.4, -0.2) is 0 Å². The van der Waals surface area contributed by atoms with Crippen molar-refractivity contribution in [3.05, 3.63) is 200 Å². The molecule has 0 amide bonds. The van der Waals surface area contributed by atoms with Gasteiger partial charge < -0.3 is 9.32 Å². The van der Waals surface area contributed by atoms with E-state index < -0.39 is 0 Å². The van der Waals surface area contributed by atoms with E-state index in [4.69, 9.17) is 4.42 Å². The first-order valence-electron chi connectivity index (χ1n) is 17.8. The predicted molar refractivity (Wildman–Crippen MR) is 220 cm³/mol. The van der Waals surface area contributed by atoms with Gasteiger partial charge in [-0.25, -0.2) is 0 Å². The molecule has 1 aromatic heterocycles. The Kier molecular flexibility index (Phi) is 7.18. The van der Waals surface area contributed by atoms with Gasteiger partial charge in [0.15, 0.2) is 0 Å². The zero-order chi connectivity index (χ0) is 34.4. The van der Waals surface area contributed by atoms with Gasteiger partial charge in [0.05, 0.1) is 5.69 Å². The van der Waals surface area contributed by atoms with Crippen molar-refractivity contribution in [3.8, 4) is 33.4 Å². The average Bonchev–Trinajstić information content (AvgIpc) is 3.61. The third-order valence-electron chi connectivity index (χ3n) is 10.3. The molecule has 0 bridgehead atoms. The third kappa shape index (κ3) is 5.21. The highest BCUT2D eigenvalue weighted by molar-refractivity contribution is 6.15. The third-order valence-corrected chi connectivity index (χ3v) is 10.3. The maximum absolute atomic E-state index is 6.51. The normalized spacial score (nSPS) is 11.5. The molecular formula is C50H33NO. The Morgan fingerprint density at radius 2 is 0.788 bits per heavy atom. The summed E-state index contributed by atoms with van der Waals surface area (Å²) in [6, 6.07) is 71.6. The van der Waals surface area contributed by atoms with Crippen molar-refractivity contribution >= 4 is 60.5 Å². The number of nitrogens with zero attached hydrogens (tertiary/aromatic N) is 1. The van der Waals surface area contributed by atoms with Gasteiger partial charge in [0.2, 0.25) is 0 Å². The van der Waals surface area contributed by atoms with Gasteiger partial charge in [0, 0.05) is 32.9 Å². The van der Waals surface area contributed by atoms with Crippen molar-refractivity contribution in [3.63, 3.8) is 0 Å². The molecule has 0 saturated carbocycles. The zero-order valence-corrected chi connectivity index (χ0v) is 28.4. The molecule has 244 valence electrons. The summed E-state index contributed by atoms with van der Waals surface area (Å²) in [5, 5.41) is 7.04. The number of anilines is 3. The lowest BCUT2D eigenvalue weighted by atomic mass is 9.99. The zero-order valence-electron chi connectivity index (χ0n) is 28.4. The molecule has 0 atom stereocenters. The highest BCUT2D eigenvalue weighted by atomic mass is 16.3. The number of furan rings is 1. The highest BCUT2D eigenvalue weighted by Crippen LogP contribution is 2.41. The van der Waals surface area contributed by atoms with Gasteiger partial charge in [-0.05, 0) is 92.7 Å². The van der Waals surface area contributed by atoms with Crippen LogP contribution in [0.15, 0.2) is 205 Å². The lowest BCUT2D eigenvalue weighted by Crippen LogP contribution is -2.10. The van der Waals surface area contributed by atoms with Gasteiger partial charge in [0.1, 0.15) is 11.2 Å². The molecule has 2 nitrogen and oxygen atoms in total. The fourth-order valence-electron chi connectivity index (χ4n) is 7.61. The summed E-state index contributed by atoms with van der Waals surface area (Å²) < 4.78 is 6.51. The molecule has 1 heterocycles. The first-order chi connectivity index (χ1) is 25.8. The quantitative estimate of drug-likeness (QED) is 0.176. The minimum absolute atomic E-state index is 0.903. The molecule has 52 heavy (non-hydrogen) atoms. The lowest BCUT2D eigenvalue weighted by Gasteiger charge is -2.27. The minimum Gasteiger partial charge on any atom is -0.455 e. The Morgan fingerprint density at radius 3 is 1.46 bits per heavy atom. The van der Waals surface area contributed by atoms with Crippen LogP contribution in [0.4, 0.5) is 17.1 Å². The average molecular weight is 664 g/mol. The Labute approximate surface area is 302 Å². The summed E-state index contributed by atoms with van der Waals surface area (Å²) >= 11 is 0. The van der Waals surface area contributed by atoms with E-state index in [0.717, 1.165) is 55.5 Å². The summed E-state index contributed by atoms with van der Waals surface area (Å²) in [4.78, 5) is 2.36. The van der Waals surface area contributed by atoms with Crippen LogP contribution < -0.4 is 4.90 Å². The summed E-state index contributed by atoms with van der Waals surface area (Å²) in [6.45, 7) is 0. The van der Waals surface area contributed by atoms with Crippen molar-refractivity contribution in [2.24, 2.45) is 0 Å². The number of rotatable bonds is 6. The molecule has 0 unspecified atom stereocenters. The Bertz CT molecular complexity index is 2860. The largest absolute Gasteiger partial charge is 0.455 e. The van der Waals surface area contributed by atoms with E-state index in [1.807, 2.05) is 0 Å². The summed E-state index contributed by atoms with van der Waals surface area (Å²) in [7, 11) is 0. The Balaban J connectivity index is 1.02. The molecule has 0 spiro atoms. The molecule has 0 aliphatic rings. The Morgan fingerprint density at radius 1 is 0.308 bits per heavy atom. The van der Waals surface area contributed by atoms with Crippen LogP contribution in [0.2, 0.25) is 0 Å². The predicted octanol–water partition coefficient (Wildman–Crippen LogP) is 14.4. The number of fused-ring (bicyclic) bond motifs is 6. The molecule has 10 aromatic rings. The number of benzene rings is 9. The van der Waals surface area contributed by atoms with Crippen LogP contribution in [0.25, 0.3) is 76.9 Å². The molecular weight excluding hydrogens is 631 g/mol. The van der Waals surface area contributed by atoms with Crippen LogP contribution in [0.3, 0.4) is 0 Å². The molecule has 0 N–H and O–H groups in total. The van der Waals surface area contributed by atoms with Crippen molar-refractivity contribution in [1.29, 1.82) is 0 Å². The van der Waals surface area contributed by atoms with E-state index in [0.29, 0.717) is 0 Å². The fourth-order valence-corrected chi connectivity index (χ4v) is 7.61. The van der Waals surface area contributed by atoms with Crippen molar-refractivity contribution in [1.82, 2.24) is 0 Å². The molecule has 0 aliphatic carbocycles. The second kappa shape index (κ2) is 12.5. The fraction of sp³-hybridized carbons (Fsp3) is 0. The SMILES string of the molecule is c1ccc(-c2ccc(-c3ccc(N(c4ccc(-c5ccc6c(c5)oc5c7ccccc7ccc65)cc4)c4cccc5ccccc45)cc3)cc2)cc1. The maximum atomic E-state index is 6.51. The van der Waals surface area contributed by atoms with Crippen LogP contribution in [0, 0.1) is 0 Å². The highest BCUT2D eigenvalue weighted by Gasteiger charge is 2.17. The van der Waals surface area contributed by atoms with Gasteiger partial charge in [0.25, 0.3) is 0 Å². The van der Waals surface area contributed by atoms with E-state index in [1.54, 1.807) is 0 Å². The molecule has 2 heteroatoms. The summed E-state index contributed by atoms with van der Waals surface area (Å²) in [5.74, 6) is 0. The van der Waals surface area contributed by atoms with Crippen LogP contribution >= 0.6 is 0 Å². The minimum atomic E-state index is 0.903. The van der Waals surface area contributed by atoms with E-state index in [2.05, 4.69) is 205 Å². The molecule has 0 fully saturated rings. The lowest BCUT2D eigenvalue weighted by molar-refractivity contribution is 0.673. The molecule has 0 aliphatic heterocycles. The monoisotopic (exact) mass is 663 g/mol. The molecule has 0 radical (unpaired) electrons. The standard InChI is InChI=1S/C50H33NO/c1-2-9-34(10-3-1)35-17-19-36(20-18-35)37-21-27-42(28-22-37)51(48-16-8-13-39-11-4-6-14-44(39)48)43-29-23-38(24-30-43)41-26-31-46-47-32-25-40-12-5-7-15-45(40)50(47)52-49(46)33-41/h1-33H. The van der Waals surface area contributed by atoms with Crippen molar-refractivity contribution in [2.75, 3.05) is 4.90 Å². The van der Waals surface area contributed by atoms with Gasteiger partial charge in [-0.1, -0.05) is 152 Å². The van der Waals surface area contributed by atoms with Gasteiger partial charge in [-0.2, -0.15) is 0 Å². The molecule has 0 saturated heterocycles. The second-order valence-electron chi connectivity index (χ2n) is 13.3. The summed E-state index contributed by atoms with van der Waals surface area (Å²) in [5.41, 5.74) is 12.3. The van der Waals surface area contributed by atoms with E-state index in [1.165, 1.54) is 38.4 Å². The van der Waals surface area contributed by atoms with Crippen molar-refractivity contribution < 1.29 is 4.42 Å². The second-order valence-corrected chi connectivity index (χ2v) is 13.3. The first-order valence-corrected chi connectivity index (χ1v) is 17.8. The summed E-state index contributed by atoms with van der Waals surface area (Å²) in [6.07, 6.45) is 0. The topological polar surface area (TPSA) is 16.4 Å². The van der Waals surface area contributed by atoms with E-state index >= 15 is 0 Å². The van der Waals surface area contributed by atoms with E-state index in [-0.39, 0.29) is 0 Å². The smallest absolute Gasteiger partial charge is 0.143 e. The van der Waals surface area contributed by atoms with Gasteiger partial charge in [-0.3, -0.25) is 0 Å². The van der Waals surface area contributed by atoms with E-state index in [9.17, 15) is 0 Å². The van der Waals surface area contributed by atoms with Crippen LogP contribution in [0.5, 0.6) is 0 Å². The number of hydrogen-bond donors (Lipinski definition) is 0. The molecule has 9 aromatic carbocycles. The Hall–Kier alpha value is -6.90.